The summed E-state index contributed by atoms with van der Waals surface area (Å²) < 4.78 is 26.0. The highest BCUT2D eigenvalue weighted by Gasteiger charge is 2.30. The molecule has 0 atom stereocenters. The number of halogens is 2. The molecule has 0 spiro atoms. The zero-order chi connectivity index (χ0) is 14.9. The van der Waals surface area contributed by atoms with Crippen LogP contribution in [-0.4, -0.2) is 15.5 Å². The van der Waals surface area contributed by atoms with E-state index in [2.05, 4.69) is 0 Å². The molecule has 0 aliphatic heterocycles. The van der Waals surface area contributed by atoms with Crippen molar-refractivity contribution in [2.45, 2.75) is 5.03 Å². The molecule has 0 unspecified atom stereocenters. The fourth-order valence-corrected chi connectivity index (χ4v) is 3.32. The number of anilines is 1. The molecule has 8 heteroatoms. The normalized spacial score (nSPS) is 11.3. The van der Waals surface area contributed by atoms with Crippen LogP contribution in [0.2, 0.25) is 10.0 Å². The summed E-state index contributed by atoms with van der Waals surface area (Å²) in [6, 6.07) is 8.75. The van der Waals surface area contributed by atoms with Gasteiger partial charge in [0.1, 0.15) is 0 Å². The van der Waals surface area contributed by atoms with Crippen molar-refractivity contribution >= 4 is 38.9 Å². The Kier molecular flexibility index (Phi) is 4.08. The molecule has 0 amide bonds. The first-order chi connectivity index (χ1) is 9.35. The molecule has 106 valence electrons. The average molecular weight is 333 g/mol. The van der Waals surface area contributed by atoms with Crippen LogP contribution in [0.15, 0.2) is 47.6 Å². The van der Waals surface area contributed by atoms with Gasteiger partial charge in [-0.3, -0.25) is 4.31 Å². The summed E-state index contributed by atoms with van der Waals surface area (Å²) in [5, 5.41) is 11.6. The smallest absolute Gasteiger partial charge is 0.329 e. The first-order valence-electron chi connectivity index (χ1n) is 5.47. The zero-order valence-corrected chi connectivity index (χ0v) is 12.7. The zero-order valence-electron chi connectivity index (χ0n) is 10.3. The lowest BCUT2D eigenvalue weighted by Crippen LogP contribution is -2.39. The Labute approximate surface area is 126 Å². The number of aromatic nitrogens is 1. The number of pyridine rings is 1. The van der Waals surface area contributed by atoms with Crippen LogP contribution in [0.25, 0.3) is 0 Å². The molecule has 0 fully saturated rings. The van der Waals surface area contributed by atoms with Crippen molar-refractivity contribution in [3.8, 4) is 0 Å². The molecule has 20 heavy (non-hydrogen) atoms. The average Bonchev–Trinajstić information content (AvgIpc) is 2.41. The van der Waals surface area contributed by atoms with E-state index in [1.165, 1.54) is 31.3 Å². The summed E-state index contributed by atoms with van der Waals surface area (Å²) in [7, 11) is -2.72. The van der Waals surface area contributed by atoms with Crippen molar-refractivity contribution < 1.29 is 13.1 Å². The fourth-order valence-electron chi connectivity index (χ4n) is 1.62. The van der Waals surface area contributed by atoms with Gasteiger partial charge in [-0.2, -0.15) is 13.1 Å². The van der Waals surface area contributed by atoms with E-state index in [0.717, 1.165) is 10.5 Å². The lowest BCUT2D eigenvalue weighted by atomic mass is 10.3. The molecule has 0 saturated carbocycles. The summed E-state index contributed by atoms with van der Waals surface area (Å²) >= 11 is 11.9. The molecule has 5 nitrogen and oxygen atoms in total. The Morgan fingerprint density at radius 3 is 2.50 bits per heavy atom. The largest absolute Gasteiger partial charge is 0.618 e. The van der Waals surface area contributed by atoms with E-state index in [9.17, 15) is 13.6 Å². The highest BCUT2D eigenvalue weighted by Crippen LogP contribution is 2.33. The van der Waals surface area contributed by atoms with E-state index in [1.807, 2.05) is 0 Å². The van der Waals surface area contributed by atoms with Gasteiger partial charge in [0.15, 0.2) is 6.20 Å². The van der Waals surface area contributed by atoms with Crippen LogP contribution in [0, 0.1) is 5.21 Å². The summed E-state index contributed by atoms with van der Waals surface area (Å²) in [5.41, 5.74) is 0.197. The highest BCUT2D eigenvalue weighted by atomic mass is 35.5. The Hall–Kier alpha value is -1.50. The predicted octanol–water partition coefficient (Wildman–Crippen LogP) is 2.45. The van der Waals surface area contributed by atoms with Crippen LogP contribution in [-0.2, 0) is 10.0 Å². The van der Waals surface area contributed by atoms with Crippen LogP contribution in [0.5, 0.6) is 0 Å². The number of benzene rings is 1. The lowest BCUT2D eigenvalue weighted by Gasteiger charge is -2.19. The maximum atomic E-state index is 12.4. The molecule has 0 N–H and O–H groups in total. The lowest BCUT2D eigenvalue weighted by molar-refractivity contribution is -0.646. The third-order valence-corrected chi connectivity index (χ3v) is 5.26. The number of hydrogen-bond acceptors (Lipinski definition) is 3. The van der Waals surface area contributed by atoms with E-state index in [4.69, 9.17) is 23.2 Å². The number of sulfonamides is 1. The monoisotopic (exact) mass is 332 g/mol. The molecular formula is C12H10Cl2N2O3S. The molecular weight excluding hydrogens is 323 g/mol. The van der Waals surface area contributed by atoms with Crippen molar-refractivity contribution in [1.82, 2.24) is 0 Å². The van der Waals surface area contributed by atoms with Crippen LogP contribution >= 0.6 is 23.2 Å². The van der Waals surface area contributed by atoms with Crippen molar-refractivity contribution in [1.29, 1.82) is 0 Å². The van der Waals surface area contributed by atoms with Gasteiger partial charge in [-0.05, 0) is 18.2 Å². The molecule has 0 aliphatic rings. The third kappa shape index (κ3) is 2.54. The maximum absolute atomic E-state index is 12.4. The Morgan fingerprint density at radius 2 is 1.85 bits per heavy atom. The first kappa shape index (κ1) is 14.9. The minimum absolute atomic E-state index is 0.105. The van der Waals surface area contributed by atoms with Gasteiger partial charge in [0.25, 0.3) is 0 Å². The summed E-state index contributed by atoms with van der Waals surface area (Å²) in [4.78, 5) is 0. The van der Waals surface area contributed by atoms with E-state index >= 15 is 0 Å². The van der Waals surface area contributed by atoms with Gasteiger partial charge in [0.05, 0.1) is 15.7 Å². The molecule has 0 radical (unpaired) electrons. The quantitative estimate of drug-likeness (QED) is 0.640. The number of hydrogen-bond donors (Lipinski definition) is 0. The molecule has 2 rings (SSSR count). The van der Waals surface area contributed by atoms with E-state index in [0.29, 0.717) is 0 Å². The van der Waals surface area contributed by atoms with E-state index in [-0.39, 0.29) is 20.5 Å². The SMILES string of the molecule is CN(c1cccc(Cl)c1Cl)S(=O)(=O)c1cccc[n+]1[O-]. The summed E-state index contributed by atoms with van der Waals surface area (Å²) in [6.45, 7) is 0. The molecule has 0 aliphatic carbocycles. The predicted molar refractivity (Wildman–Crippen MR) is 77.5 cm³/mol. The Bertz CT molecular complexity index is 750. The van der Waals surface area contributed by atoms with Crippen LogP contribution in [0.4, 0.5) is 5.69 Å². The van der Waals surface area contributed by atoms with Gasteiger partial charge >= 0.3 is 15.0 Å². The molecule has 2 aromatic rings. The van der Waals surface area contributed by atoms with Crippen molar-refractivity contribution in [2.24, 2.45) is 0 Å². The second-order valence-electron chi connectivity index (χ2n) is 3.91. The van der Waals surface area contributed by atoms with Gasteiger partial charge in [-0.25, -0.2) is 0 Å². The topological polar surface area (TPSA) is 64.3 Å². The molecule has 1 aromatic heterocycles. The minimum atomic E-state index is -4.02. The van der Waals surface area contributed by atoms with E-state index < -0.39 is 15.0 Å². The Morgan fingerprint density at radius 1 is 1.15 bits per heavy atom. The Balaban J connectivity index is 2.55. The standard InChI is InChI=1S/C12H10Cl2N2O3S/c1-15(10-6-4-5-9(13)12(10)14)20(18,19)11-7-2-3-8-16(11)17/h2-8H,1H3. The van der Waals surface area contributed by atoms with Crippen molar-refractivity contribution in [3.05, 3.63) is 57.8 Å². The van der Waals surface area contributed by atoms with Crippen LogP contribution in [0.1, 0.15) is 0 Å². The summed E-state index contributed by atoms with van der Waals surface area (Å²) in [5.74, 6) is 0. The van der Waals surface area contributed by atoms with Crippen molar-refractivity contribution in [2.75, 3.05) is 11.4 Å². The maximum Gasteiger partial charge on any atom is 0.329 e. The second-order valence-corrected chi connectivity index (χ2v) is 6.61. The van der Waals surface area contributed by atoms with Gasteiger partial charge in [-0.1, -0.05) is 29.3 Å². The van der Waals surface area contributed by atoms with Gasteiger partial charge in [0, 0.05) is 19.2 Å². The fraction of sp³-hybridized carbons (Fsp3) is 0.0833. The molecule has 0 bridgehead atoms. The number of rotatable bonds is 3. The van der Waals surface area contributed by atoms with Gasteiger partial charge in [0.2, 0.25) is 0 Å². The minimum Gasteiger partial charge on any atom is -0.618 e. The molecule has 1 aromatic carbocycles. The third-order valence-electron chi connectivity index (χ3n) is 2.68. The highest BCUT2D eigenvalue weighted by molar-refractivity contribution is 7.92. The second kappa shape index (κ2) is 5.47. The van der Waals surface area contributed by atoms with E-state index in [1.54, 1.807) is 12.1 Å². The molecule has 1 heterocycles. The van der Waals surface area contributed by atoms with Gasteiger partial charge < -0.3 is 5.21 Å². The number of nitrogens with zero attached hydrogens (tertiary/aromatic N) is 2. The van der Waals surface area contributed by atoms with Crippen LogP contribution < -0.4 is 9.04 Å². The molecule has 0 saturated heterocycles. The summed E-state index contributed by atoms with van der Waals surface area (Å²) in [6.07, 6.45) is 1.11. The van der Waals surface area contributed by atoms with Crippen LogP contribution in [0.3, 0.4) is 0 Å². The van der Waals surface area contributed by atoms with Crippen molar-refractivity contribution in [3.63, 3.8) is 0 Å². The first-order valence-corrected chi connectivity index (χ1v) is 7.66. The van der Waals surface area contributed by atoms with Gasteiger partial charge in [-0.15, -0.1) is 0 Å².